The number of para-hydroxylation sites is 1. The second-order valence-electron chi connectivity index (χ2n) is 9.74. The number of benzene rings is 3. The number of rotatable bonds is 2. The van der Waals surface area contributed by atoms with Crippen LogP contribution in [0.2, 0.25) is 0 Å². The van der Waals surface area contributed by atoms with Crippen LogP contribution in [0.3, 0.4) is 0 Å². The van der Waals surface area contributed by atoms with E-state index in [4.69, 9.17) is 0 Å². The fraction of sp³-hybridized carbons (Fsp3) is 0.250. The van der Waals surface area contributed by atoms with Crippen LogP contribution < -0.4 is 5.32 Å². The molecule has 4 aromatic rings. The minimum Gasteiger partial charge on any atom is -0.356 e. The van der Waals surface area contributed by atoms with Crippen molar-refractivity contribution >= 4 is 22.6 Å². The summed E-state index contributed by atoms with van der Waals surface area (Å²) in [7, 11) is 0. The van der Waals surface area contributed by atoms with Gasteiger partial charge < -0.3 is 15.2 Å². The van der Waals surface area contributed by atoms with E-state index < -0.39 is 17.7 Å². The summed E-state index contributed by atoms with van der Waals surface area (Å²) in [6.07, 6.45) is 1.90. The van der Waals surface area contributed by atoms with Gasteiger partial charge in [-0.25, -0.2) is 13.6 Å². The quantitative estimate of drug-likeness (QED) is 0.344. The standard InChI is InChI=1S/C28H25F2N3O/c1-16-11-17(2)13-19(12-16)31-27(34)33-15-28(9-10-28)24-20-5-3-4-6-23(20)32-25(24)26(33)21-14-18(29)7-8-22(21)30/h3-8,11-14,26,32H,9-10,15H2,1-2H3,(H,31,34). The first-order chi connectivity index (χ1) is 16.3. The van der Waals surface area contributed by atoms with Crippen LogP contribution in [0, 0.1) is 25.5 Å². The summed E-state index contributed by atoms with van der Waals surface area (Å²) >= 11 is 0. The lowest BCUT2D eigenvalue weighted by Gasteiger charge is -2.40. The van der Waals surface area contributed by atoms with Crippen molar-refractivity contribution in [2.45, 2.75) is 38.1 Å². The number of amides is 2. The van der Waals surface area contributed by atoms with Gasteiger partial charge in [-0.1, -0.05) is 24.3 Å². The Bertz CT molecular complexity index is 1430. The lowest BCUT2D eigenvalue weighted by Crippen LogP contribution is -2.47. The highest BCUT2D eigenvalue weighted by Crippen LogP contribution is 2.58. The van der Waals surface area contributed by atoms with Gasteiger partial charge in [-0.05, 0) is 79.8 Å². The Morgan fingerprint density at radius 2 is 1.76 bits per heavy atom. The second-order valence-corrected chi connectivity index (χ2v) is 9.74. The smallest absolute Gasteiger partial charge is 0.322 e. The number of carbonyl (C=O) groups excluding carboxylic acids is 1. The number of hydrogen-bond donors (Lipinski definition) is 2. The van der Waals surface area contributed by atoms with Gasteiger partial charge in [0, 0.05) is 39.8 Å². The highest BCUT2D eigenvalue weighted by Gasteiger charge is 2.55. The molecule has 1 spiro atoms. The molecule has 34 heavy (non-hydrogen) atoms. The van der Waals surface area contributed by atoms with E-state index in [9.17, 15) is 9.18 Å². The van der Waals surface area contributed by atoms with Gasteiger partial charge in [-0.15, -0.1) is 0 Å². The summed E-state index contributed by atoms with van der Waals surface area (Å²) in [5.74, 6) is -1.07. The maximum atomic E-state index is 15.1. The fourth-order valence-electron chi connectivity index (χ4n) is 5.63. The number of nitrogens with zero attached hydrogens (tertiary/aromatic N) is 1. The summed E-state index contributed by atoms with van der Waals surface area (Å²) in [6, 6.07) is 16.2. The molecule has 0 radical (unpaired) electrons. The summed E-state index contributed by atoms with van der Waals surface area (Å²) in [5, 5.41) is 4.10. The number of aromatic amines is 1. The van der Waals surface area contributed by atoms with E-state index in [2.05, 4.69) is 16.4 Å². The first kappa shape index (κ1) is 20.9. The highest BCUT2D eigenvalue weighted by atomic mass is 19.1. The zero-order valence-corrected chi connectivity index (χ0v) is 19.1. The Morgan fingerprint density at radius 1 is 1.03 bits per heavy atom. The van der Waals surface area contributed by atoms with Crippen LogP contribution in [-0.4, -0.2) is 22.5 Å². The zero-order chi connectivity index (χ0) is 23.6. The van der Waals surface area contributed by atoms with Gasteiger partial charge >= 0.3 is 6.03 Å². The third-order valence-electron chi connectivity index (χ3n) is 7.16. The molecule has 2 aliphatic rings. The lowest BCUT2D eigenvalue weighted by atomic mass is 9.83. The number of nitrogens with one attached hydrogen (secondary N) is 2. The number of urea groups is 1. The molecule has 1 fully saturated rings. The molecule has 1 atom stereocenters. The number of aryl methyl sites for hydroxylation is 2. The largest absolute Gasteiger partial charge is 0.356 e. The predicted octanol–water partition coefficient (Wildman–Crippen LogP) is 6.73. The molecule has 1 aliphatic heterocycles. The first-order valence-electron chi connectivity index (χ1n) is 11.6. The molecule has 2 amide bonds. The number of hydrogen-bond acceptors (Lipinski definition) is 1. The van der Waals surface area contributed by atoms with Crippen molar-refractivity contribution in [3.05, 3.63) is 100 Å². The molecule has 4 nitrogen and oxygen atoms in total. The van der Waals surface area contributed by atoms with E-state index in [1.165, 1.54) is 6.07 Å². The molecular formula is C28H25F2N3O. The van der Waals surface area contributed by atoms with Gasteiger partial charge in [0.2, 0.25) is 0 Å². The van der Waals surface area contributed by atoms with Gasteiger partial charge in [-0.3, -0.25) is 0 Å². The van der Waals surface area contributed by atoms with E-state index >= 15 is 4.39 Å². The number of halogens is 2. The van der Waals surface area contributed by atoms with E-state index in [1.54, 1.807) is 4.90 Å². The van der Waals surface area contributed by atoms with Crippen LogP contribution in [0.15, 0.2) is 60.7 Å². The predicted molar refractivity (Wildman–Crippen MR) is 129 cm³/mol. The number of fused-ring (bicyclic) bond motifs is 4. The maximum absolute atomic E-state index is 15.1. The van der Waals surface area contributed by atoms with E-state index in [-0.39, 0.29) is 17.0 Å². The SMILES string of the molecule is Cc1cc(C)cc(NC(=O)N2CC3(CC3)c3c([nH]c4ccccc34)C2c2cc(F)ccc2F)c1. The molecule has 2 heterocycles. The molecule has 3 aromatic carbocycles. The molecule has 172 valence electrons. The van der Waals surface area contributed by atoms with Crippen LogP contribution in [0.25, 0.3) is 10.9 Å². The van der Waals surface area contributed by atoms with Crippen LogP contribution in [-0.2, 0) is 5.41 Å². The molecule has 2 N–H and O–H groups in total. The zero-order valence-electron chi connectivity index (χ0n) is 19.1. The normalized spacial score (nSPS) is 18.2. The Morgan fingerprint density at radius 3 is 2.50 bits per heavy atom. The third-order valence-corrected chi connectivity index (χ3v) is 7.16. The molecule has 1 saturated carbocycles. The van der Waals surface area contributed by atoms with Gasteiger partial charge in [-0.2, -0.15) is 0 Å². The lowest BCUT2D eigenvalue weighted by molar-refractivity contribution is 0.180. The highest BCUT2D eigenvalue weighted by molar-refractivity contribution is 5.92. The van der Waals surface area contributed by atoms with Crippen molar-refractivity contribution in [2.24, 2.45) is 0 Å². The van der Waals surface area contributed by atoms with E-state index in [0.717, 1.165) is 58.3 Å². The van der Waals surface area contributed by atoms with Gasteiger partial charge in [0.25, 0.3) is 0 Å². The van der Waals surface area contributed by atoms with Crippen LogP contribution in [0.4, 0.5) is 19.3 Å². The van der Waals surface area contributed by atoms with Crippen molar-refractivity contribution in [3.63, 3.8) is 0 Å². The average molecular weight is 458 g/mol. The Balaban J connectivity index is 1.52. The average Bonchev–Trinajstić information content (AvgIpc) is 3.43. The molecule has 1 aromatic heterocycles. The summed E-state index contributed by atoms with van der Waals surface area (Å²) < 4.78 is 29.5. The first-order valence-corrected chi connectivity index (χ1v) is 11.6. The number of H-pyrrole nitrogens is 1. The fourth-order valence-corrected chi connectivity index (χ4v) is 5.63. The van der Waals surface area contributed by atoms with Crippen LogP contribution in [0.5, 0.6) is 0 Å². The molecular weight excluding hydrogens is 432 g/mol. The van der Waals surface area contributed by atoms with Crippen LogP contribution >= 0.6 is 0 Å². The van der Waals surface area contributed by atoms with Crippen LogP contribution in [0.1, 0.15) is 46.8 Å². The van der Waals surface area contributed by atoms with Gasteiger partial charge in [0.1, 0.15) is 17.7 Å². The topological polar surface area (TPSA) is 48.1 Å². The number of anilines is 1. The van der Waals surface area contributed by atoms with E-state index in [0.29, 0.717) is 12.2 Å². The minimum atomic E-state index is -0.768. The minimum absolute atomic E-state index is 0.152. The second kappa shape index (κ2) is 7.42. The summed E-state index contributed by atoms with van der Waals surface area (Å²) in [5.41, 5.74) is 5.59. The Hall–Kier alpha value is -3.67. The van der Waals surface area contributed by atoms with E-state index in [1.807, 2.05) is 50.2 Å². The number of carbonyl (C=O) groups is 1. The monoisotopic (exact) mass is 457 g/mol. The Labute approximate surface area is 196 Å². The van der Waals surface area contributed by atoms with Crippen molar-refractivity contribution in [3.8, 4) is 0 Å². The Kier molecular flexibility index (Phi) is 4.56. The molecule has 6 heteroatoms. The maximum Gasteiger partial charge on any atom is 0.322 e. The number of aromatic nitrogens is 1. The molecule has 1 unspecified atom stereocenters. The molecule has 0 saturated heterocycles. The molecule has 1 aliphatic carbocycles. The van der Waals surface area contributed by atoms with Crippen molar-refractivity contribution in [2.75, 3.05) is 11.9 Å². The van der Waals surface area contributed by atoms with Crippen molar-refractivity contribution in [1.29, 1.82) is 0 Å². The van der Waals surface area contributed by atoms with Gasteiger partial charge in [0.15, 0.2) is 0 Å². The van der Waals surface area contributed by atoms with Crippen molar-refractivity contribution < 1.29 is 13.6 Å². The third kappa shape index (κ3) is 3.28. The molecule has 0 bridgehead atoms. The summed E-state index contributed by atoms with van der Waals surface area (Å²) in [6.45, 7) is 4.40. The molecule has 6 rings (SSSR count). The summed E-state index contributed by atoms with van der Waals surface area (Å²) in [4.78, 5) is 18.8. The van der Waals surface area contributed by atoms with Gasteiger partial charge in [0.05, 0.1) is 0 Å². The van der Waals surface area contributed by atoms with Crippen molar-refractivity contribution in [1.82, 2.24) is 9.88 Å².